The van der Waals surface area contributed by atoms with Crippen LogP contribution in [0.1, 0.15) is 55.7 Å². The van der Waals surface area contributed by atoms with E-state index in [1.807, 2.05) is 74.9 Å². The van der Waals surface area contributed by atoms with Gasteiger partial charge in [-0.15, -0.1) is 0 Å². The van der Waals surface area contributed by atoms with Crippen LogP contribution in [0.5, 0.6) is 5.75 Å². The Morgan fingerprint density at radius 3 is 2.61 bits per heavy atom. The zero-order valence-corrected chi connectivity index (χ0v) is 23.4. The monoisotopic (exact) mass is 552 g/mol. The van der Waals surface area contributed by atoms with Crippen LogP contribution in [0.25, 0.3) is 22.2 Å². The smallest absolute Gasteiger partial charge is 0.337 e. The van der Waals surface area contributed by atoms with Crippen LogP contribution in [-0.4, -0.2) is 32.8 Å². The molecule has 0 spiro atoms. The highest BCUT2D eigenvalue weighted by Gasteiger charge is 2.33. The maximum atomic E-state index is 12.6. The van der Waals surface area contributed by atoms with Crippen LogP contribution < -0.4 is 4.74 Å². The second-order valence-electron chi connectivity index (χ2n) is 10.6. The van der Waals surface area contributed by atoms with E-state index < -0.39 is 17.7 Å². The Kier molecular flexibility index (Phi) is 7.16. The van der Waals surface area contributed by atoms with Crippen molar-refractivity contribution in [1.29, 1.82) is 0 Å². The summed E-state index contributed by atoms with van der Waals surface area (Å²) in [4.78, 5) is 17.5. The molecule has 2 aromatic carbocycles. The van der Waals surface area contributed by atoms with E-state index in [1.165, 1.54) is 0 Å². The quantitative estimate of drug-likeness (QED) is 0.266. The lowest BCUT2D eigenvalue weighted by Gasteiger charge is -2.28. The maximum absolute atomic E-state index is 12.6. The summed E-state index contributed by atoms with van der Waals surface area (Å²) in [6.07, 6.45) is 2.58. The van der Waals surface area contributed by atoms with Crippen LogP contribution in [0, 0.1) is 6.92 Å². The molecular formula is C30H30Cl2N2O4. The molecule has 0 saturated carbocycles. The van der Waals surface area contributed by atoms with Gasteiger partial charge in [-0.05, 0) is 82.0 Å². The second kappa shape index (κ2) is 10.3. The predicted octanol–water partition coefficient (Wildman–Crippen LogP) is 7.63. The first kappa shape index (κ1) is 26.5. The Morgan fingerprint density at radius 2 is 1.92 bits per heavy atom. The molecule has 1 N–H and O–H groups in total. The van der Waals surface area contributed by atoms with Gasteiger partial charge in [0.1, 0.15) is 11.4 Å². The molecule has 38 heavy (non-hydrogen) atoms. The highest BCUT2D eigenvalue weighted by molar-refractivity contribution is 6.36. The van der Waals surface area contributed by atoms with Gasteiger partial charge < -0.3 is 19.1 Å². The highest BCUT2D eigenvalue weighted by Crippen LogP contribution is 2.41. The van der Waals surface area contributed by atoms with Crippen molar-refractivity contribution in [3.63, 3.8) is 0 Å². The van der Waals surface area contributed by atoms with Crippen molar-refractivity contribution >= 4 is 40.2 Å². The molecule has 6 nitrogen and oxygen atoms in total. The zero-order valence-electron chi connectivity index (χ0n) is 21.8. The highest BCUT2D eigenvalue weighted by atomic mass is 35.5. The second-order valence-corrected chi connectivity index (χ2v) is 11.4. The molecule has 0 saturated heterocycles. The van der Waals surface area contributed by atoms with Crippen LogP contribution in [-0.2, 0) is 22.5 Å². The number of carboxylic acid groups (broad SMARTS) is 1. The molecule has 0 bridgehead atoms. The molecule has 0 fully saturated rings. The number of hydrogen-bond donors (Lipinski definition) is 1. The van der Waals surface area contributed by atoms with E-state index in [2.05, 4.69) is 6.07 Å². The van der Waals surface area contributed by atoms with Gasteiger partial charge in [0.25, 0.3) is 0 Å². The van der Waals surface area contributed by atoms with Crippen molar-refractivity contribution in [2.75, 3.05) is 6.61 Å². The van der Waals surface area contributed by atoms with Crippen LogP contribution in [0.2, 0.25) is 10.0 Å². The number of halogens is 2. The fourth-order valence-electron chi connectivity index (χ4n) is 5.04. The molecule has 5 rings (SSSR count). The van der Waals surface area contributed by atoms with Crippen LogP contribution in [0.15, 0.2) is 48.7 Å². The minimum atomic E-state index is -1.20. The number of fused-ring (bicyclic) bond motifs is 2. The van der Waals surface area contributed by atoms with E-state index in [-0.39, 0.29) is 0 Å². The average Bonchev–Trinajstić information content (AvgIpc) is 3.25. The predicted molar refractivity (Wildman–Crippen MR) is 151 cm³/mol. The lowest BCUT2D eigenvalue weighted by atomic mass is 9.90. The number of rotatable bonds is 6. The molecule has 198 valence electrons. The van der Waals surface area contributed by atoms with E-state index in [0.29, 0.717) is 40.1 Å². The number of ether oxygens (including phenoxy) is 2. The molecule has 3 heterocycles. The molecule has 0 radical (unpaired) electrons. The lowest BCUT2D eigenvalue weighted by molar-refractivity contribution is -0.160. The minimum Gasteiger partial charge on any atom is -0.493 e. The minimum absolute atomic E-state index is 0.423. The van der Waals surface area contributed by atoms with Gasteiger partial charge >= 0.3 is 5.97 Å². The molecule has 8 heteroatoms. The van der Waals surface area contributed by atoms with Crippen molar-refractivity contribution in [3.05, 3.63) is 81.1 Å². The third-order valence-electron chi connectivity index (χ3n) is 6.68. The molecule has 0 aliphatic carbocycles. The number of nitrogens with zero attached hydrogens (tertiary/aromatic N) is 2. The number of hydrogen-bond acceptors (Lipinski definition) is 4. The number of carbonyl (C=O) groups is 1. The van der Waals surface area contributed by atoms with Gasteiger partial charge in [-0.2, -0.15) is 0 Å². The summed E-state index contributed by atoms with van der Waals surface area (Å²) >= 11 is 12.9. The number of pyridine rings is 1. The van der Waals surface area contributed by atoms with E-state index in [9.17, 15) is 9.90 Å². The number of benzene rings is 2. The SMILES string of the molecule is Cc1nc2c(ccn2Cc2c(Cl)cccc2Cl)c(-c2ccc3c(c2)CCCO3)c1C(OC(C)(C)C)C(=O)O. The van der Waals surface area contributed by atoms with Gasteiger partial charge in [-0.25, -0.2) is 9.78 Å². The van der Waals surface area contributed by atoms with E-state index >= 15 is 0 Å². The Bertz CT molecular complexity index is 1520. The summed E-state index contributed by atoms with van der Waals surface area (Å²) in [6.45, 7) is 8.51. The molecule has 0 amide bonds. The third kappa shape index (κ3) is 5.13. The van der Waals surface area contributed by atoms with Gasteiger partial charge in [0.15, 0.2) is 6.10 Å². The maximum Gasteiger partial charge on any atom is 0.337 e. The van der Waals surface area contributed by atoms with E-state index in [4.69, 9.17) is 37.7 Å². The molecule has 1 atom stereocenters. The standard InChI is InChI=1S/C30H30Cl2N2O4/c1-17-25(27(29(35)36)38-30(2,3)4)26(19-10-11-24-18(15-19)7-6-14-37-24)20-12-13-34(28(20)33-17)16-21-22(31)8-5-9-23(21)32/h5,8-13,15,27H,6-7,14,16H2,1-4H3,(H,35,36). The van der Waals surface area contributed by atoms with Crippen LogP contribution >= 0.6 is 23.2 Å². The fourth-order valence-corrected chi connectivity index (χ4v) is 5.56. The van der Waals surface area contributed by atoms with Crippen molar-refractivity contribution in [1.82, 2.24) is 9.55 Å². The largest absolute Gasteiger partial charge is 0.493 e. The fraction of sp³-hybridized carbons (Fsp3) is 0.333. The first-order chi connectivity index (χ1) is 18.0. The van der Waals surface area contributed by atoms with Gasteiger partial charge in [-0.3, -0.25) is 0 Å². The van der Waals surface area contributed by atoms with E-state index in [1.54, 1.807) is 0 Å². The molecule has 1 aliphatic heterocycles. The number of aliphatic carboxylic acids is 1. The summed E-state index contributed by atoms with van der Waals surface area (Å²) < 4.78 is 13.9. The molecule has 2 aromatic heterocycles. The number of carboxylic acids is 1. The first-order valence-electron chi connectivity index (χ1n) is 12.6. The Labute approximate surface area is 232 Å². The van der Waals surface area contributed by atoms with E-state index in [0.717, 1.165) is 46.2 Å². The Balaban J connectivity index is 1.76. The molecule has 4 aromatic rings. The normalized spacial score (nSPS) is 14.3. The van der Waals surface area contributed by atoms with Gasteiger partial charge in [0.2, 0.25) is 0 Å². The van der Waals surface area contributed by atoms with Crippen molar-refractivity contribution in [2.45, 2.75) is 58.8 Å². The summed E-state index contributed by atoms with van der Waals surface area (Å²) in [5.74, 6) is -0.191. The summed E-state index contributed by atoms with van der Waals surface area (Å²) in [5.41, 5.74) is 4.76. The molecule has 1 aliphatic rings. The summed E-state index contributed by atoms with van der Waals surface area (Å²) in [7, 11) is 0. The first-order valence-corrected chi connectivity index (χ1v) is 13.4. The lowest BCUT2D eigenvalue weighted by Crippen LogP contribution is -2.28. The van der Waals surface area contributed by atoms with Gasteiger partial charge in [-0.1, -0.05) is 35.3 Å². The van der Waals surface area contributed by atoms with Crippen molar-refractivity contribution in [3.8, 4) is 16.9 Å². The molecule has 1 unspecified atom stereocenters. The average molecular weight is 553 g/mol. The summed E-state index contributed by atoms with van der Waals surface area (Å²) in [5, 5.41) is 12.3. The van der Waals surface area contributed by atoms with Gasteiger partial charge in [0.05, 0.1) is 18.8 Å². The number of aryl methyl sites for hydroxylation is 2. The van der Waals surface area contributed by atoms with Crippen LogP contribution in [0.4, 0.5) is 0 Å². The summed E-state index contributed by atoms with van der Waals surface area (Å²) in [6, 6.07) is 13.5. The molecular weight excluding hydrogens is 523 g/mol. The number of aromatic nitrogens is 2. The van der Waals surface area contributed by atoms with Crippen molar-refractivity contribution < 1.29 is 19.4 Å². The van der Waals surface area contributed by atoms with Gasteiger partial charge in [0, 0.05) is 44.0 Å². The Morgan fingerprint density at radius 1 is 1.18 bits per heavy atom. The van der Waals surface area contributed by atoms with Crippen LogP contribution in [0.3, 0.4) is 0 Å². The van der Waals surface area contributed by atoms with Crippen molar-refractivity contribution in [2.24, 2.45) is 0 Å². The zero-order chi connectivity index (χ0) is 27.2. The topological polar surface area (TPSA) is 73.6 Å². The Hall–Kier alpha value is -3.06. The third-order valence-corrected chi connectivity index (χ3v) is 7.39.